The molecule has 1 N–H and O–H groups in total. The van der Waals surface area contributed by atoms with Gasteiger partial charge in [0.1, 0.15) is 23.9 Å². The van der Waals surface area contributed by atoms with Gasteiger partial charge in [0, 0.05) is 17.8 Å². The Morgan fingerprint density at radius 1 is 0.925 bits per heavy atom. The summed E-state index contributed by atoms with van der Waals surface area (Å²) in [5.74, 6) is 1.12. The normalized spacial score (nSPS) is 11.8. The molecule has 4 aromatic rings. The molecule has 1 aromatic heterocycles. The zero-order chi connectivity index (χ0) is 28.6. The average Bonchev–Trinajstić information content (AvgIpc) is 3.37. The first-order valence-corrected chi connectivity index (χ1v) is 13.1. The second kappa shape index (κ2) is 13.0. The fraction of sp³-hybridized carbons (Fsp3) is 0.333. The number of nitrogens with one attached hydrogen (secondary N) is 1. The minimum absolute atomic E-state index is 0.144. The molecule has 4 rings (SSSR count). The predicted molar refractivity (Wildman–Crippen MR) is 153 cm³/mol. The van der Waals surface area contributed by atoms with Gasteiger partial charge < -0.3 is 19.5 Å². The molecule has 0 bridgehead atoms. The summed E-state index contributed by atoms with van der Waals surface area (Å²) in [6.07, 6.45) is 0.787. The van der Waals surface area contributed by atoms with E-state index in [1.807, 2.05) is 24.3 Å². The molecule has 40 heavy (non-hydrogen) atoms. The predicted octanol–water partition coefficient (Wildman–Crippen LogP) is 4.39. The third-order valence-electron chi connectivity index (χ3n) is 6.58. The van der Waals surface area contributed by atoms with E-state index < -0.39 is 6.04 Å². The highest BCUT2D eigenvalue weighted by atomic mass is 16.5. The van der Waals surface area contributed by atoms with Crippen molar-refractivity contribution in [3.8, 4) is 17.2 Å². The molecule has 0 aliphatic heterocycles. The lowest BCUT2D eigenvalue weighted by Gasteiger charge is -2.32. The summed E-state index contributed by atoms with van der Waals surface area (Å²) in [6.45, 7) is 4.49. The maximum absolute atomic E-state index is 14.2. The second-order valence-corrected chi connectivity index (χ2v) is 9.66. The van der Waals surface area contributed by atoms with E-state index in [4.69, 9.17) is 14.2 Å². The average molecular weight is 546 g/mol. The number of amides is 2. The number of methoxy groups -OCH3 is 3. The number of nitrogens with zero attached hydrogens (tertiary/aromatic N) is 4. The summed E-state index contributed by atoms with van der Waals surface area (Å²) in [6, 6.07) is 18.6. The number of carbonyl (C=O) groups excluding carboxylic acids is 2. The maximum atomic E-state index is 14.2. The zero-order valence-corrected chi connectivity index (χ0v) is 23.5. The van der Waals surface area contributed by atoms with E-state index in [1.165, 1.54) is 23.8 Å². The highest BCUT2D eigenvalue weighted by Gasteiger charge is 2.36. The number of hydrogen-bond donors (Lipinski definition) is 1. The van der Waals surface area contributed by atoms with Crippen LogP contribution >= 0.6 is 0 Å². The van der Waals surface area contributed by atoms with E-state index >= 15 is 0 Å². The molecule has 0 aliphatic carbocycles. The fourth-order valence-electron chi connectivity index (χ4n) is 4.52. The van der Waals surface area contributed by atoms with Crippen LogP contribution in [0, 0.1) is 5.92 Å². The Morgan fingerprint density at radius 2 is 1.68 bits per heavy atom. The van der Waals surface area contributed by atoms with Crippen LogP contribution in [0.15, 0.2) is 66.7 Å². The Hall–Kier alpha value is -4.60. The molecular formula is C30H35N5O5. The Balaban J connectivity index is 1.84. The first kappa shape index (κ1) is 28.4. The molecule has 10 heteroatoms. The molecule has 3 aromatic carbocycles. The summed E-state index contributed by atoms with van der Waals surface area (Å²) < 4.78 is 18.1. The zero-order valence-electron chi connectivity index (χ0n) is 23.5. The number of aromatic nitrogens is 3. The van der Waals surface area contributed by atoms with Crippen molar-refractivity contribution in [1.29, 1.82) is 0 Å². The molecule has 1 atom stereocenters. The lowest BCUT2D eigenvalue weighted by molar-refractivity contribution is -0.127. The van der Waals surface area contributed by atoms with Gasteiger partial charge >= 0.3 is 0 Å². The van der Waals surface area contributed by atoms with Gasteiger partial charge in [0.15, 0.2) is 11.5 Å². The van der Waals surface area contributed by atoms with Crippen LogP contribution in [0.4, 0.5) is 5.69 Å². The molecule has 1 heterocycles. The van der Waals surface area contributed by atoms with Crippen LogP contribution in [0.5, 0.6) is 17.2 Å². The Kier molecular flexibility index (Phi) is 9.21. The molecule has 0 radical (unpaired) electrons. The number of hydrogen-bond acceptors (Lipinski definition) is 7. The molecule has 1 unspecified atom stereocenters. The molecule has 0 saturated heterocycles. The highest BCUT2D eigenvalue weighted by Crippen LogP contribution is 2.39. The van der Waals surface area contributed by atoms with E-state index in [-0.39, 0.29) is 18.4 Å². The van der Waals surface area contributed by atoms with Gasteiger partial charge in [0.2, 0.25) is 11.8 Å². The van der Waals surface area contributed by atoms with Crippen molar-refractivity contribution in [2.75, 3.05) is 32.8 Å². The van der Waals surface area contributed by atoms with Crippen LogP contribution in [0.3, 0.4) is 0 Å². The molecule has 0 fully saturated rings. The van der Waals surface area contributed by atoms with Crippen LogP contribution in [0.25, 0.3) is 11.0 Å². The lowest BCUT2D eigenvalue weighted by Crippen LogP contribution is -2.45. The van der Waals surface area contributed by atoms with Crippen LogP contribution < -0.4 is 24.4 Å². The summed E-state index contributed by atoms with van der Waals surface area (Å²) in [4.78, 5) is 29.7. The number of carbonyl (C=O) groups is 2. The van der Waals surface area contributed by atoms with Gasteiger partial charge in [-0.25, -0.2) is 4.68 Å². The van der Waals surface area contributed by atoms with Crippen molar-refractivity contribution in [3.63, 3.8) is 0 Å². The van der Waals surface area contributed by atoms with Crippen molar-refractivity contribution in [2.45, 2.75) is 32.9 Å². The molecule has 210 valence electrons. The van der Waals surface area contributed by atoms with Crippen LogP contribution in [-0.2, 0) is 16.1 Å². The van der Waals surface area contributed by atoms with Crippen LogP contribution in [0.2, 0.25) is 0 Å². The highest BCUT2D eigenvalue weighted by molar-refractivity contribution is 6.02. The van der Waals surface area contributed by atoms with Gasteiger partial charge in [-0.15, -0.1) is 5.10 Å². The summed E-state index contributed by atoms with van der Waals surface area (Å²) in [7, 11) is 4.61. The summed E-state index contributed by atoms with van der Waals surface area (Å²) in [5, 5.41) is 11.4. The van der Waals surface area contributed by atoms with E-state index in [9.17, 15) is 9.59 Å². The van der Waals surface area contributed by atoms with E-state index in [0.717, 1.165) is 6.42 Å². The van der Waals surface area contributed by atoms with Gasteiger partial charge in [0.05, 0.1) is 26.8 Å². The molecule has 10 nitrogen and oxygen atoms in total. The molecular weight excluding hydrogens is 510 g/mol. The molecule has 0 aliphatic rings. The molecule has 2 amide bonds. The van der Waals surface area contributed by atoms with E-state index in [0.29, 0.717) is 52.0 Å². The number of benzene rings is 3. The minimum atomic E-state index is -1.08. The maximum Gasteiger partial charge on any atom is 0.249 e. The van der Waals surface area contributed by atoms with Gasteiger partial charge in [-0.3, -0.25) is 14.5 Å². The van der Waals surface area contributed by atoms with Crippen molar-refractivity contribution >= 4 is 28.5 Å². The number of ether oxygens (including phenoxy) is 3. The van der Waals surface area contributed by atoms with E-state index in [2.05, 4.69) is 29.5 Å². The third-order valence-corrected chi connectivity index (χ3v) is 6.58. The Morgan fingerprint density at radius 3 is 2.35 bits per heavy atom. The largest absolute Gasteiger partial charge is 0.497 e. The van der Waals surface area contributed by atoms with E-state index in [1.54, 1.807) is 49.6 Å². The van der Waals surface area contributed by atoms with Gasteiger partial charge in [-0.2, -0.15) is 0 Å². The fourth-order valence-corrected chi connectivity index (χ4v) is 4.52. The number of anilines is 1. The standard InChI is InChI=1S/C30H35N5O5/c1-20(2)17-18-31-30(37)28(23-9-8-12-26(39-4)29(23)40-5)35(21-13-15-22(38-3)16-14-21)27(36)19-34-25-11-7-6-10-24(25)32-33-34/h6-16,20,28H,17-19H2,1-5H3,(H,31,37). The number of rotatable bonds is 12. The van der Waals surface area contributed by atoms with Gasteiger partial charge in [0.25, 0.3) is 0 Å². The lowest BCUT2D eigenvalue weighted by atomic mass is 10.0. The number of para-hydroxylation sites is 2. The third kappa shape index (κ3) is 6.17. The Bertz CT molecular complexity index is 1450. The van der Waals surface area contributed by atoms with Crippen molar-refractivity contribution < 1.29 is 23.8 Å². The minimum Gasteiger partial charge on any atom is -0.497 e. The summed E-state index contributed by atoms with van der Waals surface area (Å²) >= 11 is 0. The number of fused-ring (bicyclic) bond motifs is 1. The van der Waals surface area contributed by atoms with Crippen molar-refractivity contribution in [2.24, 2.45) is 5.92 Å². The smallest absolute Gasteiger partial charge is 0.249 e. The van der Waals surface area contributed by atoms with Gasteiger partial charge in [-0.05, 0) is 54.8 Å². The Labute approximate surface area is 233 Å². The van der Waals surface area contributed by atoms with Crippen LogP contribution in [-0.4, -0.2) is 54.7 Å². The second-order valence-electron chi connectivity index (χ2n) is 9.66. The monoisotopic (exact) mass is 545 g/mol. The topological polar surface area (TPSA) is 108 Å². The van der Waals surface area contributed by atoms with Gasteiger partial charge in [-0.1, -0.05) is 43.3 Å². The summed E-state index contributed by atoms with van der Waals surface area (Å²) in [5.41, 5.74) is 2.37. The van der Waals surface area contributed by atoms with Crippen molar-refractivity contribution in [1.82, 2.24) is 20.3 Å². The molecule has 0 spiro atoms. The molecule has 0 saturated carbocycles. The first-order chi connectivity index (χ1) is 19.4. The van der Waals surface area contributed by atoms with Crippen molar-refractivity contribution in [3.05, 3.63) is 72.3 Å². The van der Waals surface area contributed by atoms with Crippen LogP contribution in [0.1, 0.15) is 31.9 Å². The SMILES string of the molecule is COc1ccc(N(C(=O)Cn2nnc3ccccc32)C(C(=O)NCCC(C)C)c2cccc(OC)c2OC)cc1. The first-order valence-electron chi connectivity index (χ1n) is 13.1. The quantitative estimate of drug-likeness (QED) is 0.281.